The van der Waals surface area contributed by atoms with Gasteiger partial charge in [0, 0.05) is 17.1 Å². The zero-order valence-electron chi connectivity index (χ0n) is 16.6. The van der Waals surface area contributed by atoms with Crippen LogP contribution in [0.25, 0.3) is 22.2 Å². The number of nitrogens with one attached hydrogen (secondary N) is 1. The third-order valence-electron chi connectivity index (χ3n) is 5.44. The van der Waals surface area contributed by atoms with Crippen molar-refractivity contribution in [1.29, 1.82) is 5.26 Å². The number of rotatable bonds is 5. The summed E-state index contributed by atoms with van der Waals surface area (Å²) in [6.45, 7) is 2.08. The summed E-state index contributed by atoms with van der Waals surface area (Å²) >= 11 is 0. The molecule has 0 bridgehead atoms. The van der Waals surface area contributed by atoms with E-state index in [4.69, 9.17) is 9.47 Å². The molecule has 1 amide bonds. The van der Waals surface area contributed by atoms with Gasteiger partial charge in [0.15, 0.2) is 0 Å². The van der Waals surface area contributed by atoms with Gasteiger partial charge in [-0.25, -0.2) is 4.79 Å². The third-order valence-corrected chi connectivity index (χ3v) is 5.44. The second-order valence-electron chi connectivity index (χ2n) is 7.10. The number of carbonyl (C=O) groups excluding carboxylic acids is 1. The molecule has 6 nitrogen and oxygen atoms in total. The lowest BCUT2D eigenvalue weighted by molar-refractivity contribution is 0.168. The summed E-state index contributed by atoms with van der Waals surface area (Å²) in [6, 6.07) is 16.2. The van der Waals surface area contributed by atoms with E-state index >= 15 is 0 Å². The Morgan fingerprint density at radius 2 is 2.00 bits per heavy atom. The summed E-state index contributed by atoms with van der Waals surface area (Å²) in [5.74, 6) is 0.736. The van der Waals surface area contributed by atoms with E-state index in [0.29, 0.717) is 23.9 Å². The fourth-order valence-electron chi connectivity index (χ4n) is 3.84. The number of anilines is 1. The molecular weight excluding hydrogens is 366 g/mol. The molecule has 0 atom stereocenters. The minimum Gasteiger partial charge on any atom is -0.497 e. The molecule has 1 aliphatic carbocycles. The summed E-state index contributed by atoms with van der Waals surface area (Å²) in [5, 5.41) is 13.6. The molecule has 0 unspecified atom stereocenters. The zero-order valence-corrected chi connectivity index (χ0v) is 16.6. The molecule has 29 heavy (non-hydrogen) atoms. The van der Waals surface area contributed by atoms with Crippen molar-refractivity contribution in [2.45, 2.75) is 32.2 Å². The van der Waals surface area contributed by atoms with Gasteiger partial charge < -0.3 is 14.0 Å². The van der Waals surface area contributed by atoms with Gasteiger partial charge in [-0.3, -0.25) is 5.32 Å². The van der Waals surface area contributed by atoms with Gasteiger partial charge in [0.2, 0.25) is 0 Å². The van der Waals surface area contributed by atoms with Gasteiger partial charge in [-0.05, 0) is 62.1 Å². The lowest BCUT2D eigenvalue weighted by Crippen LogP contribution is -2.17. The molecule has 0 saturated heterocycles. The first-order valence-corrected chi connectivity index (χ1v) is 9.82. The van der Waals surface area contributed by atoms with E-state index in [1.54, 1.807) is 14.0 Å². The minimum absolute atomic E-state index is 0.320. The molecule has 3 aromatic rings. The Morgan fingerprint density at radius 3 is 2.59 bits per heavy atom. The van der Waals surface area contributed by atoms with Crippen LogP contribution < -0.4 is 10.1 Å². The Labute approximate surface area is 169 Å². The van der Waals surface area contributed by atoms with Crippen LogP contribution in [0, 0.1) is 11.3 Å². The second kappa shape index (κ2) is 7.88. The van der Waals surface area contributed by atoms with Crippen LogP contribution in [0.4, 0.5) is 10.5 Å². The van der Waals surface area contributed by atoms with Crippen LogP contribution >= 0.6 is 0 Å². The quantitative estimate of drug-likeness (QED) is 0.627. The predicted molar refractivity (Wildman–Crippen MR) is 112 cm³/mol. The highest BCUT2D eigenvalue weighted by atomic mass is 16.5. The van der Waals surface area contributed by atoms with Crippen LogP contribution in [0.3, 0.4) is 0 Å². The van der Waals surface area contributed by atoms with Crippen molar-refractivity contribution in [3.8, 4) is 23.1 Å². The molecule has 1 aliphatic rings. The highest BCUT2D eigenvalue weighted by Gasteiger charge is 2.27. The van der Waals surface area contributed by atoms with Crippen LogP contribution in [0.5, 0.6) is 5.75 Å². The first kappa shape index (κ1) is 18.9. The average Bonchev–Trinajstić information content (AvgIpc) is 3.00. The Morgan fingerprint density at radius 1 is 1.24 bits per heavy atom. The van der Waals surface area contributed by atoms with E-state index < -0.39 is 6.09 Å². The summed E-state index contributed by atoms with van der Waals surface area (Å²) in [7, 11) is 1.63. The lowest BCUT2D eigenvalue weighted by Gasteiger charge is -2.30. The molecule has 0 spiro atoms. The first-order valence-electron chi connectivity index (χ1n) is 9.82. The molecule has 1 fully saturated rings. The molecule has 1 saturated carbocycles. The van der Waals surface area contributed by atoms with Crippen molar-refractivity contribution in [2.75, 3.05) is 19.0 Å². The molecule has 0 radical (unpaired) electrons. The maximum Gasteiger partial charge on any atom is 0.411 e. The van der Waals surface area contributed by atoms with Gasteiger partial charge in [0.1, 0.15) is 11.8 Å². The molecule has 148 valence electrons. The van der Waals surface area contributed by atoms with E-state index in [-0.39, 0.29) is 0 Å². The number of fused-ring (bicyclic) bond motifs is 1. The normalized spacial score (nSPS) is 13.6. The average molecular weight is 389 g/mol. The Balaban J connectivity index is 1.82. The molecule has 4 rings (SSSR count). The largest absolute Gasteiger partial charge is 0.497 e. The maximum absolute atomic E-state index is 11.6. The number of amides is 1. The number of aromatic nitrogens is 1. The second-order valence-corrected chi connectivity index (χ2v) is 7.10. The maximum atomic E-state index is 11.6. The van der Waals surface area contributed by atoms with Gasteiger partial charge in [0.05, 0.1) is 30.5 Å². The van der Waals surface area contributed by atoms with Gasteiger partial charge >= 0.3 is 6.09 Å². The minimum atomic E-state index is -0.478. The van der Waals surface area contributed by atoms with Crippen molar-refractivity contribution < 1.29 is 14.3 Å². The monoisotopic (exact) mass is 389 g/mol. The third kappa shape index (κ3) is 3.40. The zero-order chi connectivity index (χ0) is 20.4. The Kier molecular flexibility index (Phi) is 5.13. The van der Waals surface area contributed by atoms with Crippen LogP contribution in [-0.2, 0) is 4.74 Å². The van der Waals surface area contributed by atoms with Gasteiger partial charge in [0.25, 0.3) is 0 Å². The summed E-state index contributed by atoms with van der Waals surface area (Å²) < 4.78 is 12.6. The number of ether oxygens (including phenoxy) is 2. The number of hydrogen-bond acceptors (Lipinski definition) is 4. The summed E-state index contributed by atoms with van der Waals surface area (Å²) in [4.78, 5) is 11.6. The van der Waals surface area contributed by atoms with Crippen molar-refractivity contribution in [1.82, 2.24) is 4.57 Å². The fraction of sp³-hybridized carbons (Fsp3) is 0.304. The highest BCUT2D eigenvalue weighted by molar-refractivity contribution is 5.96. The van der Waals surface area contributed by atoms with Crippen LogP contribution in [0.1, 0.15) is 37.8 Å². The summed E-state index contributed by atoms with van der Waals surface area (Å²) in [6.07, 6.45) is 2.94. The van der Waals surface area contributed by atoms with E-state index in [9.17, 15) is 10.1 Å². The van der Waals surface area contributed by atoms with Crippen LogP contribution in [-0.4, -0.2) is 24.4 Å². The standard InChI is InChI=1S/C23H23N3O3/c1-3-29-23(27)25-16-9-7-15(8-10-16)22-20(14-24)19-13-18(28-2)11-12-21(19)26(22)17-5-4-6-17/h7-13,17H,3-6H2,1-2H3,(H,25,27). The number of hydrogen-bond donors (Lipinski definition) is 1. The SMILES string of the molecule is CCOC(=O)Nc1ccc(-c2c(C#N)c3cc(OC)ccc3n2C2CCC2)cc1. The number of benzene rings is 2. The Bertz CT molecular complexity index is 1090. The van der Waals surface area contributed by atoms with Gasteiger partial charge in [-0.1, -0.05) is 12.1 Å². The number of carbonyl (C=O) groups is 1. The van der Waals surface area contributed by atoms with Crippen molar-refractivity contribution >= 4 is 22.7 Å². The molecule has 1 heterocycles. The number of nitrogens with zero attached hydrogens (tertiary/aromatic N) is 2. The predicted octanol–water partition coefficient (Wildman–Crippen LogP) is 5.48. The van der Waals surface area contributed by atoms with E-state index in [1.165, 1.54) is 6.42 Å². The molecule has 1 N–H and O–H groups in total. The topological polar surface area (TPSA) is 76.3 Å². The lowest BCUT2D eigenvalue weighted by atomic mass is 9.92. The van der Waals surface area contributed by atoms with Crippen molar-refractivity contribution in [2.24, 2.45) is 0 Å². The van der Waals surface area contributed by atoms with Crippen LogP contribution in [0.2, 0.25) is 0 Å². The number of methoxy groups -OCH3 is 1. The van der Waals surface area contributed by atoms with E-state index in [0.717, 1.165) is 40.8 Å². The molecule has 0 aliphatic heterocycles. The highest BCUT2D eigenvalue weighted by Crippen LogP contribution is 2.43. The van der Waals surface area contributed by atoms with E-state index in [2.05, 4.69) is 16.0 Å². The van der Waals surface area contributed by atoms with Crippen molar-refractivity contribution in [3.63, 3.8) is 0 Å². The Hall–Kier alpha value is -3.46. The smallest absolute Gasteiger partial charge is 0.411 e. The molecule has 2 aromatic carbocycles. The fourth-order valence-corrected chi connectivity index (χ4v) is 3.84. The van der Waals surface area contributed by atoms with Gasteiger partial charge in [-0.15, -0.1) is 0 Å². The van der Waals surface area contributed by atoms with Crippen LogP contribution in [0.15, 0.2) is 42.5 Å². The number of nitriles is 1. The van der Waals surface area contributed by atoms with Crippen molar-refractivity contribution in [3.05, 3.63) is 48.0 Å². The molecule has 6 heteroatoms. The van der Waals surface area contributed by atoms with Gasteiger partial charge in [-0.2, -0.15) is 5.26 Å². The molecule has 1 aromatic heterocycles. The van der Waals surface area contributed by atoms with E-state index in [1.807, 2.05) is 42.5 Å². The molecular formula is C23H23N3O3. The summed E-state index contributed by atoms with van der Waals surface area (Å²) in [5.41, 5.74) is 4.22. The first-order chi connectivity index (χ1) is 14.2.